The fourth-order valence-corrected chi connectivity index (χ4v) is 2.46. The Balaban J connectivity index is 2.72. The Hall–Kier alpha value is -0.780. The Bertz CT molecular complexity index is 318. The van der Waals surface area contributed by atoms with E-state index in [-0.39, 0.29) is 0 Å². The van der Waals surface area contributed by atoms with Crippen LogP contribution in [0.2, 0.25) is 0 Å². The van der Waals surface area contributed by atoms with Crippen LogP contribution in [0.25, 0.3) is 0 Å². The summed E-state index contributed by atoms with van der Waals surface area (Å²) in [7, 11) is 0. The minimum Gasteiger partial charge on any atom is -0.0958 e. The van der Waals surface area contributed by atoms with E-state index in [1.807, 2.05) is 0 Å². The molecule has 0 amide bonds. The fraction of sp³-hybridized carbons (Fsp3) is 0.647. The summed E-state index contributed by atoms with van der Waals surface area (Å²) >= 11 is 0. The number of hydrogen-bond acceptors (Lipinski definition) is 0. The molecule has 0 radical (unpaired) electrons. The minimum absolute atomic E-state index is 0.900. The molecule has 0 aliphatic heterocycles. The molecule has 0 spiro atoms. The van der Waals surface area contributed by atoms with Gasteiger partial charge in [-0.3, -0.25) is 0 Å². The van der Waals surface area contributed by atoms with E-state index >= 15 is 0 Å². The third kappa shape index (κ3) is 4.93. The Morgan fingerprint density at radius 1 is 1.06 bits per heavy atom. The standard InChI is InChI=1S/C17H28/c1-13(2)15(5)11-17(14(3)4)12-16-9-7-6-8-10-16/h11,16H,3,6-10,12H2,1-2,4-5H3/b17-11+. The van der Waals surface area contributed by atoms with Crippen molar-refractivity contribution in [1.29, 1.82) is 0 Å². The maximum Gasteiger partial charge on any atom is -0.0248 e. The molecule has 0 bridgehead atoms. The van der Waals surface area contributed by atoms with Crippen LogP contribution in [0.5, 0.6) is 0 Å². The molecule has 1 fully saturated rings. The van der Waals surface area contributed by atoms with Crippen molar-refractivity contribution in [3.05, 3.63) is 34.9 Å². The van der Waals surface area contributed by atoms with Gasteiger partial charge in [0.25, 0.3) is 0 Å². The average molecular weight is 232 g/mol. The molecule has 0 saturated heterocycles. The van der Waals surface area contributed by atoms with Crippen LogP contribution in [0.1, 0.15) is 66.2 Å². The van der Waals surface area contributed by atoms with Crippen molar-refractivity contribution in [2.24, 2.45) is 5.92 Å². The molecule has 0 aromatic heterocycles. The first kappa shape index (κ1) is 14.3. The molecule has 0 aromatic carbocycles. The normalized spacial score (nSPS) is 18.0. The van der Waals surface area contributed by atoms with Crippen LogP contribution in [0.3, 0.4) is 0 Å². The van der Waals surface area contributed by atoms with E-state index in [9.17, 15) is 0 Å². The fourth-order valence-electron chi connectivity index (χ4n) is 2.46. The van der Waals surface area contributed by atoms with Crippen molar-refractivity contribution < 1.29 is 0 Å². The molecule has 0 nitrogen and oxygen atoms in total. The minimum atomic E-state index is 0.900. The molecule has 0 heteroatoms. The van der Waals surface area contributed by atoms with Crippen molar-refractivity contribution in [3.63, 3.8) is 0 Å². The molecular formula is C17H28. The molecule has 1 rings (SSSR count). The average Bonchev–Trinajstić information content (AvgIpc) is 2.29. The van der Waals surface area contributed by atoms with Crippen LogP contribution >= 0.6 is 0 Å². The van der Waals surface area contributed by atoms with E-state index < -0.39 is 0 Å². The Morgan fingerprint density at radius 3 is 2.12 bits per heavy atom. The largest absolute Gasteiger partial charge is 0.0958 e. The highest BCUT2D eigenvalue weighted by molar-refractivity contribution is 5.35. The monoisotopic (exact) mass is 232 g/mol. The van der Waals surface area contributed by atoms with Crippen LogP contribution < -0.4 is 0 Å². The van der Waals surface area contributed by atoms with Crippen molar-refractivity contribution in [2.45, 2.75) is 66.2 Å². The van der Waals surface area contributed by atoms with Gasteiger partial charge in [0.15, 0.2) is 0 Å². The summed E-state index contributed by atoms with van der Waals surface area (Å²) in [6.45, 7) is 12.9. The molecule has 0 heterocycles. The van der Waals surface area contributed by atoms with Crippen molar-refractivity contribution >= 4 is 0 Å². The molecule has 0 aromatic rings. The van der Waals surface area contributed by atoms with Gasteiger partial charge in [-0.2, -0.15) is 0 Å². The molecule has 1 aliphatic rings. The van der Waals surface area contributed by atoms with E-state index in [2.05, 4.69) is 40.3 Å². The zero-order valence-electron chi connectivity index (χ0n) is 12.1. The summed E-state index contributed by atoms with van der Waals surface area (Å²) in [6.07, 6.45) is 10.7. The smallest absolute Gasteiger partial charge is 0.0248 e. The van der Waals surface area contributed by atoms with Gasteiger partial charge in [-0.05, 0) is 45.6 Å². The molecule has 0 atom stereocenters. The van der Waals surface area contributed by atoms with Gasteiger partial charge < -0.3 is 0 Å². The lowest BCUT2D eigenvalue weighted by Crippen LogP contribution is -2.07. The van der Waals surface area contributed by atoms with Gasteiger partial charge in [0.05, 0.1) is 0 Å². The van der Waals surface area contributed by atoms with Crippen LogP contribution in [0.15, 0.2) is 34.9 Å². The number of rotatable bonds is 4. The Morgan fingerprint density at radius 2 is 1.65 bits per heavy atom. The van der Waals surface area contributed by atoms with Crippen LogP contribution in [-0.4, -0.2) is 0 Å². The molecule has 1 aliphatic carbocycles. The van der Waals surface area contributed by atoms with Crippen molar-refractivity contribution in [2.75, 3.05) is 0 Å². The van der Waals surface area contributed by atoms with Gasteiger partial charge in [-0.25, -0.2) is 0 Å². The molecule has 96 valence electrons. The number of allylic oxidation sites excluding steroid dienone is 5. The number of hydrogen-bond donors (Lipinski definition) is 0. The maximum atomic E-state index is 4.14. The van der Waals surface area contributed by atoms with Crippen molar-refractivity contribution in [3.8, 4) is 0 Å². The quantitative estimate of drug-likeness (QED) is 0.536. The molecule has 17 heavy (non-hydrogen) atoms. The van der Waals surface area contributed by atoms with Gasteiger partial charge in [0.2, 0.25) is 0 Å². The molecular weight excluding hydrogens is 204 g/mol. The van der Waals surface area contributed by atoms with Gasteiger partial charge in [-0.1, -0.05) is 61.5 Å². The molecule has 0 N–H and O–H groups in total. The van der Waals surface area contributed by atoms with E-state index in [0.29, 0.717) is 0 Å². The van der Waals surface area contributed by atoms with Gasteiger partial charge >= 0.3 is 0 Å². The predicted molar refractivity (Wildman–Crippen MR) is 78.1 cm³/mol. The highest BCUT2D eigenvalue weighted by Crippen LogP contribution is 2.31. The summed E-state index contributed by atoms with van der Waals surface area (Å²) in [5.41, 5.74) is 5.53. The first-order valence-electron chi connectivity index (χ1n) is 7.01. The second-order valence-electron chi connectivity index (χ2n) is 5.84. The summed E-state index contributed by atoms with van der Waals surface area (Å²) in [4.78, 5) is 0. The van der Waals surface area contributed by atoms with E-state index in [4.69, 9.17) is 0 Å². The Kier molecular flexibility index (Phi) is 5.74. The lowest BCUT2D eigenvalue weighted by Gasteiger charge is -2.23. The maximum absolute atomic E-state index is 4.14. The second kappa shape index (κ2) is 6.83. The summed E-state index contributed by atoms with van der Waals surface area (Å²) < 4.78 is 0. The zero-order valence-corrected chi connectivity index (χ0v) is 12.1. The van der Waals surface area contributed by atoms with Crippen LogP contribution in [0.4, 0.5) is 0 Å². The Labute approximate surface area is 108 Å². The third-order valence-corrected chi connectivity index (χ3v) is 3.96. The first-order valence-corrected chi connectivity index (χ1v) is 7.01. The second-order valence-corrected chi connectivity index (χ2v) is 5.84. The summed E-state index contributed by atoms with van der Waals surface area (Å²) in [6, 6.07) is 0. The van der Waals surface area contributed by atoms with Gasteiger partial charge in [0.1, 0.15) is 0 Å². The van der Waals surface area contributed by atoms with Gasteiger partial charge in [0, 0.05) is 0 Å². The van der Waals surface area contributed by atoms with Crippen LogP contribution in [0, 0.1) is 5.92 Å². The highest BCUT2D eigenvalue weighted by atomic mass is 14.2. The lowest BCUT2D eigenvalue weighted by molar-refractivity contribution is 0.357. The van der Waals surface area contributed by atoms with E-state index in [0.717, 1.165) is 5.92 Å². The zero-order chi connectivity index (χ0) is 12.8. The van der Waals surface area contributed by atoms with Gasteiger partial charge in [-0.15, -0.1) is 0 Å². The molecule has 0 unspecified atom stereocenters. The topological polar surface area (TPSA) is 0 Å². The first-order chi connectivity index (χ1) is 8.00. The lowest BCUT2D eigenvalue weighted by atomic mass is 9.83. The highest BCUT2D eigenvalue weighted by Gasteiger charge is 2.15. The third-order valence-electron chi connectivity index (χ3n) is 3.96. The van der Waals surface area contributed by atoms with E-state index in [1.165, 1.54) is 60.8 Å². The van der Waals surface area contributed by atoms with E-state index in [1.54, 1.807) is 0 Å². The summed E-state index contributed by atoms with van der Waals surface area (Å²) in [5, 5.41) is 0. The molecule has 1 saturated carbocycles. The van der Waals surface area contributed by atoms with Crippen molar-refractivity contribution in [1.82, 2.24) is 0 Å². The van der Waals surface area contributed by atoms with Crippen LogP contribution in [-0.2, 0) is 0 Å². The predicted octanol–water partition coefficient (Wildman–Crippen LogP) is 5.82. The summed E-state index contributed by atoms with van der Waals surface area (Å²) in [5.74, 6) is 0.900. The SMILES string of the molecule is C=C(C)/C(=C/C(C)=C(C)C)CC1CCCCC1.